The lowest BCUT2D eigenvalue weighted by atomic mass is 10.3. The molecule has 1 fully saturated rings. The lowest BCUT2D eigenvalue weighted by molar-refractivity contribution is 0.281. The smallest absolute Gasteiger partial charge is 0.165 e. The molecule has 3 nitrogen and oxygen atoms in total. The minimum absolute atomic E-state index is 0.617. The summed E-state index contributed by atoms with van der Waals surface area (Å²) in [5, 5.41) is 1.32. The Morgan fingerprint density at radius 2 is 2.00 bits per heavy atom. The molecule has 0 bridgehead atoms. The van der Waals surface area contributed by atoms with Crippen molar-refractivity contribution in [2.75, 3.05) is 24.4 Å². The van der Waals surface area contributed by atoms with E-state index in [9.17, 15) is 0 Å². The van der Waals surface area contributed by atoms with Crippen molar-refractivity contribution >= 4 is 14.0 Å². The van der Waals surface area contributed by atoms with Crippen molar-refractivity contribution in [2.45, 2.75) is 6.42 Å². The number of hydrogen-bond acceptors (Lipinski definition) is 3. The van der Waals surface area contributed by atoms with E-state index in [1.54, 1.807) is 0 Å². The SMILES string of the molecule is C1=C(P2OCCN2c2ccccc2)CCO1. The lowest BCUT2D eigenvalue weighted by Gasteiger charge is -2.24. The van der Waals surface area contributed by atoms with Crippen molar-refractivity contribution < 1.29 is 9.26 Å². The molecule has 1 aromatic rings. The lowest BCUT2D eigenvalue weighted by Crippen LogP contribution is -2.12. The summed E-state index contributed by atoms with van der Waals surface area (Å²) in [6, 6.07) is 10.5. The van der Waals surface area contributed by atoms with E-state index < -0.39 is 8.30 Å². The number of rotatable bonds is 2. The van der Waals surface area contributed by atoms with Crippen LogP contribution in [0.5, 0.6) is 0 Å². The first kappa shape index (κ1) is 10.1. The third-order valence-electron chi connectivity index (χ3n) is 2.73. The highest BCUT2D eigenvalue weighted by molar-refractivity contribution is 7.59. The molecule has 0 aromatic heterocycles. The molecule has 1 saturated heterocycles. The van der Waals surface area contributed by atoms with E-state index in [1.165, 1.54) is 11.0 Å². The van der Waals surface area contributed by atoms with E-state index >= 15 is 0 Å². The molecule has 2 aliphatic heterocycles. The fraction of sp³-hybridized carbons (Fsp3) is 0.333. The second-order valence-electron chi connectivity index (χ2n) is 3.79. The Morgan fingerprint density at radius 3 is 2.75 bits per heavy atom. The predicted octanol–water partition coefficient (Wildman–Crippen LogP) is 3.10. The van der Waals surface area contributed by atoms with Gasteiger partial charge in [-0.2, -0.15) is 0 Å². The molecule has 2 aliphatic rings. The normalized spacial score (nSPS) is 24.4. The molecule has 1 aromatic carbocycles. The number of benzene rings is 1. The Kier molecular flexibility index (Phi) is 2.81. The molecular weight excluding hydrogens is 221 g/mol. The van der Waals surface area contributed by atoms with Crippen LogP contribution in [0.1, 0.15) is 6.42 Å². The first-order valence-electron chi connectivity index (χ1n) is 5.51. The van der Waals surface area contributed by atoms with Gasteiger partial charge in [0.05, 0.1) is 19.5 Å². The van der Waals surface area contributed by atoms with Crippen LogP contribution in [0, 0.1) is 0 Å². The molecule has 0 N–H and O–H groups in total. The van der Waals surface area contributed by atoms with Gasteiger partial charge in [0.1, 0.15) is 0 Å². The standard InChI is InChI=1S/C12H14NO2P/c1-2-4-11(5-3-1)13-7-9-15-16(13)12-6-8-14-10-12/h1-5,10H,6-9H2. The van der Waals surface area contributed by atoms with E-state index in [-0.39, 0.29) is 0 Å². The molecule has 0 saturated carbocycles. The molecule has 0 spiro atoms. The highest BCUT2D eigenvalue weighted by Gasteiger charge is 2.31. The zero-order valence-corrected chi connectivity index (χ0v) is 9.90. The molecule has 3 rings (SSSR count). The van der Waals surface area contributed by atoms with Crippen molar-refractivity contribution in [3.05, 3.63) is 41.9 Å². The van der Waals surface area contributed by atoms with Crippen LogP contribution in [0.4, 0.5) is 5.69 Å². The topological polar surface area (TPSA) is 21.7 Å². The first-order valence-corrected chi connectivity index (χ1v) is 6.72. The Balaban J connectivity index is 1.84. The zero-order chi connectivity index (χ0) is 10.8. The maximum Gasteiger partial charge on any atom is 0.165 e. The van der Waals surface area contributed by atoms with E-state index in [0.29, 0.717) is 0 Å². The maximum absolute atomic E-state index is 5.85. The summed E-state index contributed by atoms with van der Waals surface area (Å²) >= 11 is 0. The van der Waals surface area contributed by atoms with E-state index in [0.717, 1.165) is 26.2 Å². The minimum atomic E-state index is -0.617. The molecule has 0 amide bonds. The van der Waals surface area contributed by atoms with Gasteiger partial charge in [0.25, 0.3) is 0 Å². The van der Waals surface area contributed by atoms with E-state index in [2.05, 4.69) is 28.9 Å². The van der Waals surface area contributed by atoms with Gasteiger partial charge in [0.2, 0.25) is 0 Å². The van der Waals surface area contributed by atoms with Crippen LogP contribution in [0.25, 0.3) is 0 Å². The van der Waals surface area contributed by atoms with Crippen LogP contribution < -0.4 is 4.67 Å². The molecule has 1 atom stereocenters. The second-order valence-corrected chi connectivity index (χ2v) is 5.66. The fourth-order valence-electron chi connectivity index (χ4n) is 1.96. The summed E-state index contributed by atoms with van der Waals surface area (Å²) in [7, 11) is -0.617. The molecule has 1 unspecified atom stereocenters. The summed E-state index contributed by atoms with van der Waals surface area (Å²) in [5.41, 5.74) is 1.25. The minimum Gasteiger partial charge on any atom is -0.500 e. The van der Waals surface area contributed by atoms with E-state index in [4.69, 9.17) is 9.26 Å². The van der Waals surface area contributed by atoms with Crippen LogP contribution in [0.2, 0.25) is 0 Å². The van der Waals surface area contributed by atoms with Crippen LogP contribution in [0.15, 0.2) is 41.9 Å². The highest BCUT2D eigenvalue weighted by Crippen LogP contribution is 2.56. The fourth-order valence-corrected chi connectivity index (χ4v) is 3.89. The van der Waals surface area contributed by atoms with Gasteiger partial charge in [-0.25, -0.2) is 0 Å². The van der Waals surface area contributed by atoms with Gasteiger partial charge < -0.3 is 13.9 Å². The predicted molar refractivity (Wildman–Crippen MR) is 65.3 cm³/mol. The number of nitrogens with zero attached hydrogens (tertiary/aromatic N) is 1. The monoisotopic (exact) mass is 235 g/mol. The molecule has 4 heteroatoms. The average Bonchev–Trinajstić information content (AvgIpc) is 3.01. The number of hydrogen-bond donors (Lipinski definition) is 0. The van der Waals surface area contributed by atoms with E-state index in [1.807, 2.05) is 12.3 Å². The Labute approximate surface area is 96.5 Å². The van der Waals surface area contributed by atoms with Crippen LogP contribution in [-0.2, 0) is 9.26 Å². The second kappa shape index (κ2) is 4.44. The quantitative estimate of drug-likeness (QED) is 0.735. The molecule has 0 radical (unpaired) electrons. The third kappa shape index (κ3) is 1.81. The summed E-state index contributed by atoms with van der Waals surface area (Å²) in [6.45, 7) is 2.60. The van der Waals surface area contributed by atoms with Gasteiger partial charge in [0, 0.05) is 24.0 Å². The third-order valence-corrected chi connectivity index (χ3v) is 4.85. The zero-order valence-electron chi connectivity index (χ0n) is 9.00. The van der Waals surface area contributed by atoms with Crippen LogP contribution >= 0.6 is 8.30 Å². The van der Waals surface area contributed by atoms with Gasteiger partial charge in [-0.15, -0.1) is 0 Å². The summed E-state index contributed by atoms with van der Waals surface area (Å²) < 4.78 is 13.5. The van der Waals surface area contributed by atoms with Gasteiger partial charge >= 0.3 is 0 Å². The Morgan fingerprint density at radius 1 is 1.12 bits per heavy atom. The van der Waals surface area contributed by atoms with Gasteiger partial charge in [-0.3, -0.25) is 0 Å². The largest absolute Gasteiger partial charge is 0.500 e. The van der Waals surface area contributed by atoms with Crippen molar-refractivity contribution in [3.63, 3.8) is 0 Å². The van der Waals surface area contributed by atoms with Crippen molar-refractivity contribution in [1.82, 2.24) is 0 Å². The molecular formula is C12H14NO2P. The summed E-state index contributed by atoms with van der Waals surface area (Å²) in [6.07, 6.45) is 2.89. The molecule has 2 heterocycles. The summed E-state index contributed by atoms with van der Waals surface area (Å²) in [5.74, 6) is 0. The molecule has 84 valence electrons. The van der Waals surface area contributed by atoms with Crippen molar-refractivity contribution in [2.24, 2.45) is 0 Å². The maximum atomic E-state index is 5.85. The van der Waals surface area contributed by atoms with Gasteiger partial charge in [-0.05, 0) is 12.1 Å². The number of anilines is 1. The van der Waals surface area contributed by atoms with Crippen molar-refractivity contribution in [1.29, 1.82) is 0 Å². The Bertz CT molecular complexity index is 393. The highest BCUT2D eigenvalue weighted by atomic mass is 31.2. The Hall–Kier alpha value is -1.05. The average molecular weight is 235 g/mol. The number of para-hydroxylation sites is 1. The van der Waals surface area contributed by atoms with Gasteiger partial charge in [-0.1, -0.05) is 18.2 Å². The molecule has 0 aliphatic carbocycles. The molecule has 16 heavy (non-hydrogen) atoms. The van der Waals surface area contributed by atoms with Gasteiger partial charge in [0.15, 0.2) is 8.30 Å². The first-order chi connectivity index (χ1) is 7.95. The number of ether oxygens (including phenoxy) is 1. The summed E-state index contributed by atoms with van der Waals surface area (Å²) in [4.78, 5) is 0. The van der Waals surface area contributed by atoms with Crippen LogP contribution in [0.3, 0.4) is 0 Å². The van der Waals surface area contributed by atoms with Crippen molar-refractivity contribution in [3.8, 4) is 0 Å². The van der Waals surface area contributed by atoms with Crippen LogP contribution in [-0.4, -0.2) is 19.8 Å².